The van der Waals surface area contributed by atoms with E-state index < -0.39 is 5.91 Å². The minimum Gasteiger partial charge on any atom is -0.369 e. The number of primary amides is 1. The average Bonchev–Trinajstić information content (AvgIpc) is 3.46. The van der Waals surface area contributed by atoms with Gasteiger partial charge in [-0.3, -0.25) is 9.59 Å². The molecular formula is C23H26N6O2. The lowest BCUT2D eigenvalue weighted by atomic mass is 10.1. The van der Waals surface area contributed by atoms with E-state index in [4.69, 9.17) is 10.7 Å². The quantitative estimate of drug-likeness (QED) is 0.459. The van der Waals surface area contributed by atoms with Crippen molar-refractivity contribution in [2.24, 2.45) is 5.73 Å². The third-order valence-corrected chi connectivity index (χ3v) is 5.24. The Balaban J connectivity index is 1.74. The first kappa shape index (κ1) is 20.6. The number of carbonyl (C=O) groups is 2. The predicted molar refractivity (Wildman–Crippen MR) is 121 cm³/mol. The van der Waals surface area contributed by atoms with Gasteiger partial charge in [-0.15, -0.1) is 0 Å². The standard InChI is InChI=1S/C23H26N6O2/c1-14(16-6-4-3-5-7-16)26-21-12-22(27-19-8-9-19)29-23(28-21)18(13-25-29)10-17(15(2)30)11-20(24)31/h3-7,10,12-14,19,27H,8-9,11H2,1-2H3,(H2,24,31)(H,26,28)/b17-10+. The Morgan fingerprint density at radius 1 is 1.29 bits per heavy atom. The minimum absolute atomic E-state index is 0.0504. The number of nitrogens with two attached hydrogens (primary N) is 1. The summed E-state index contributed by atoms with van der Waals surface area (Å²) >= 11 is 0. The van der Waals surface area contributed by atoms with Crippen LogP contribution in [0.3, 0.4) is 0 Å². The van der Waals surface area contributed by atoms with Crippen LogP contribution < -0.4 is 16.4 Å². The Labute approximate surface area is 180 Å². The molecule has 2 heterocycles. The molecule has 0 aliphatic heterocycles. The molecular weight excluding hydrogens is 392 g/mol. The van der Waals surface area contributed by atoms with Crippen LogP contribution in [0.5, 0.6) is 0 Å². The van der Waals surface area contributed by atoms with Gasteiger partial charge in [-0.05, 0) is 38.3 Å². The molecule has 2 aromatic heterocycles. The highest BCUT2D eigenvalue weighted by Crippen LogP contribution is 2.29. The number of anilines is 2. The summed E-state index contributed by atoms with van der Waals surface area (Å²) in [5, 5.41) is 11.4. The van der Waals surface area contributed by atoms with E-state index in [9.17, 15) is 9.59 Å². The van der Waals surface area contributed by atoms with Crippen molar-refractivity contribution in [3.05, 3.63) is 59.3 Å². The van der Waals surface area contributed by atoms with Crippen molar-refractivity contribution in [1.29, 1.82) is 0 Å². The van der Waals surface area contributed by atoms with E-state index in [-0.39, 0.29) is 18.2 Å². The third-order valence-electron chi connectivity index (χ3n) is 5.24. The number of ketones is 1. The van der Waals surface area contributed by atoms with E-state index in [2.05, 4.69) is 34.8 Å². The van der Waals surface area contributed by atoms with Gasteiger partial charge in [0.1, 0.15) is 11.6 Å². The van der Waals surface area contributed by atoms with Gasteiger partial charge in [0.2, 0.25) is 5.91 Å². The molecule has 1 aliphatic rings. The summed E-state index contributed by atoms with van der Waals surface area (Å²) in [4.78, 5) is 28.1. The largest absolute Gasteiger partial charge is 0.369 e. The molecule has 31 heavy (non-hydrogen) atoms. The molecule has 1 amide bonds. The molecule has 3 aromatic rings. The first-order chi connectivity index (χ1) is 14.9. The van der Waals surface area contributed by atoms with Crippen LogP contribution in [0.2, 0.25) is 0 Å². The maximum atomic E-state index is 12.0. The van der Waals surface area contributed by atoms with Crippen molar-refractivity contribution in [2.45, 2.75) is 45.2 Å². The monoisotopic (exact) mass is 418 g/mol. The molecule has 4 rings (SSSR count). The number of hydrogen-bond donors (Lipinski definition) is 3. The second-order valence-corrected chi connectivity index (χ2v) is 7.93. The molecule has 8 nitrogen and oxygen atoms in total. The molecule has 8 heteroatoms. The van der Waals surface area contributed by atoms with Gasteiger partial charge in [0, 0.05) is 29.3 Å². The van der Waals surface area contributed by atoms with Crippen molar-refractivity contribution >= 4 is 35.0 Å². The zero-order chi connectivity index (χ0) is 22.0. The first-order valence-electron chi connectivity index (χ1n) is 10.4. The molecule has 0 radical (unpaired) electrons. The first-order valence-corrected chi connectivity index (χ1v) is 10.4. The molecule has 0 spiro atoms. The molecule has 0 saturated heterocycles. The normalized spacial score (nSPS) is 15.0. The zero-order valence-electron chi connectivity index (χ0n) is 17.6. The number of carbonyl (C=O) groups excluding carboxylic acids is 2. The maximum absolute atomic E-state index is 12.0. The Bertz CT molecular complexity index is 1150. The van der Waals surface area contributed by atoms with E-state index in [0.717, 1.165) is 24.2 Å². The Morgan fingerprint density at radius 3 is 2.68 bits per heavy atom. The van der Waals surface area contributed by atoms with Crippen LogP contribution in [0.25, 0.3) is 11.7 Å². The van der Waals surface area contributed by atoms with E-state index in [1.807, 2.05) is 24.3 Å². The number of benzene rings is 1. The number of fused-ring (bicyclic) bond motifs is 1. The van der Waals surface area contributed by atoms with Crippen molar-refractivity contribution in [3.63, 3.8) is 0 Å². The Hall–Kier alpha value is -3.68. The number of nitrogens with zero attached hydrogens (tertiary/aromatic N) is 3. The SMILES string of the molecule is CC(=O)/C(=C/c1cnn2c(NC3CC3)cc(NC(C)c3ccccc3)nc12)CC(N)=O. The van der Waals surface area contributed by atoms with Crippen LogP contribution >= 0.6 is 0 Å². The summed E-state index contributed by atoms with van der Waals surface area (Å²) < 4.78 is 1.73. The number of hydrogen-bond acceptors (Lipinski definition) is 6. The van der Waals surface area contributed by atoms with Gasteiger partial charge in [0.25, 0.3) is 0 Å². The highest BCUT2D eigenvalue weighted by molar-refractivity contribution is 6.02. The van der Waals surface area contributed by atoms with E-state index in [1.54, 1.807) is 16.8 Å². The number of aromatic nitrogens is 3. The maximum Gasteiger partial charge on any atom is 0.221 e. The zero-order valence-corrected chi connectivity index (χ0v) is 17.6. The number of Topliss-reactive ketones (excluding diaryl/α,β-unsaturated/α-hetero) is 1. The molecule has 160 valence electrons. The van der Waals surface area contributed by atoms with Crippen LogP contribution in [-0.2, 0) is 9.59 Å². The minimum atomic E-state index is -0.555. The van der Waals surface area contributed by atoms with E-state index >= 15 is 0 Å². The van der Waals surface area contributed by atoms with Gasteiger partial charge in [-0.25, -0.2) is 4.98 Å². The number of rotatable bonds is 9. The molecule has 1 aliphatic carbocycles. The van der Waals surface area contributed by atoms with Gasteiger partial charge < -0.3 is 16.4 Å². The summed E-state index contributed by atoms with van der Waals surface area (Å²) in [5.74, 6) is 0.762. The van der Waals surface area contributed by atoms with Crippen molar-refractivity contribution in [2.75, 3.05) is 10.6 Å². The predicted octanol–water partition coefficient (Wildman–Crippen LogP) is 3.32. The summed E-state index contributed by atoms with van der Waals surface area (Å²) in [6.07, 6.45) is 5.41. The fraction of sp³-hybridized carbons (Fsp3) is 0.304. The van der Waals surface area contributed by atoms with Gasteiger partial charge >= 0.3 is 0 Å². The van der Waals surface area contributed by atoms with E-state index in [1.165, 1.54) is 6.92 Å². The lowest BCUT2D eigenvalue weighted by molar-refractivity contribution is -0.119. The highest BCUT2D eigenvalue weighted by atomic mass is 16.1. The second-order valence-electron chi connectivity index (χ2n) is 7.93. The molecule has 1 atom stereocenters. The number of amides is 1. The molecule has 1 fully saturated rings. The summed E-state index contributed by atoms with van der Waals surface area (Å²) in [5.41, 5.74) is 8.03. The molecule has 1 unspecified atom stereocenters. The highest BCUT2D eigenvalue weighted by Gasteiger charge is 2.23. The third kappa shape index (κ3) is 4.91. The Kier molecular flexibility index (Phi) is 5.70. The van der Waals surface area contributed by atoms with Crippen LogP contribution in [0.1, 0.15) is 50.3 Å². The fourth-order valence-corrected chi connectivity index (χ4v) is 3.39. The topological polar surface area (TPSA) is 114 Å². The summed E-state index contributed by atoms with van der Waals surface area (Å²) in [6, 6.07) is 12.6. The smallest absolute Gasteiger partial charge is 0.221 e. The van der Waals surface area contributed by atoms with Crippen molar-refractivity contribution in [3.8, 4) is 0 Å². The van der Waals surface area contributed by atoms with Gasteiger partial charge in [-0.1, -0.05) is 30.3 Å². The second kappa shape index (κ2) is 8.59. The lowest BCUT2D eigenvalue weighted by Crippen LogP contribution is -2.14. The average molecular weight is 419 g/mol. The fourth-order valence-electron chi connectivity index (χ4n) is 3.39. The van der Waals surface area contributed by atoms with Crippen LogP contribution in [0.15, 0.2) is 48.2 Å². The van der Waals surface area contributed by atoms with E-state index in [0.29, 0.717) is 28.6 Å². The molecule has 1 saturated carbocycles. The van der Waals surface area contributed by atoms with Crippen molar-refractivity contribution < 1.29 is 9.59 Å². The van der Waals surface area contributed by atoms with Gasteiger partial charge in [-0.2, -0.15) is 9.61 Å². The Morgan fingerprint density at radius 2 is 2.03 bits per heavy atom. The van der Waals surface area contributed by atoms with Crippen molar-refractivity contribution in [1.82, 2.24) is 14.6 Å². The van der Waals surface area contributed by atoms with Crippen LogP contribution in [-0.4, -0.2) is 32.3 Å². The lowest BCUT2D eigenvalue weighted by Gasteiger charge is -2.17. The van der Waals surface area contributed by atoms with Crippen LogP contribution in [0, 0.1) is 0 Å². The summed E-state index contributed by atoms with van der Waals surface area (Å²) in [6.45, 7) is 3.50. The summed E-state index contributed by atoms with van der Waals surface area (Å²) in [7, 11) is 0. The van der Waals surface area contributed by atoms with Gasteiger partial charge in [0.05, 0.1) is 12.6 Å². The molecule has 1 aromatic carbocycles. The molecule has 0 bridgehead atoms. The number of nitrogens with one attached hydrogen (secondary N) is 2. The van der Waals surface area contributed by atoms with Crippen LogP contribution in [0.4, 0.5) is 11.6 Å². The van der Waals surface area contributed by atoms with Gasteiger partial charge in [0.15, 0.2) is 11.4 Å². The molecule has 4 N–H and O–H groups in total.